The van der Waals surface area contributed by atoms with Gasteiger partial charge in [-0.05, 0) is 30.3 Å². The summed E-state index contributed by atoms with van der Waals surface area (Å²) in [6, 6.07) is 5.56. The fourth-order valence-electron chi connectivity index (χ4n) is 1.46. The van der Waals surface area contributed by atoms with Gasteiger partial charge in [0.1, 0.15) is 17.3 Å². The van der Waals surface area contributed by atoms with Crippen molar-refractivity contribution in [1.29, 1.82) is 0 Å². The summed E-state index contributed by atoms with van der Waals surface area (Å²) in [7, 11) is 0. The maximum atomic E-state index is 13.3. The monoisotopic (exact) mass is 265 g/mol. The van der Waals surface area contributed by atoms with E-state index >= 15 is 0 Å². The summed E-state index contributed by atoms with van der Waals surface area (Å²) in [5, 5.41) is 0. The smallest absolute Gasteiger partial charge is 0.355 e. The van der Waals surface area contributed by atoms with E-state index in [1.807, 2.05) is 0 Å². The molecule has 0 atom stereocenters. The molecule has 1 aromatic heterocycles. The number of nitrogens with one attached hydrogen (secondary N) is 1. The Hall–Kier alpha value is -2.50. The van der Waals surface area contributed by atoms with Crippen molar-refractivity contribution in [2.75, 3.05) is 6.61 Å². The lowest BCUT2D eigenvalue weighted by Gasteiger charge is -2.04. The standard InChI is InChI=1S/C13H9F2NO3/c14-8-3-4-10(15)9(6-8)12(17)7-19-13(18)11-2-1-5-16-11/h1-6,16H,7H2. The van der Waals surface area contributed by atoms with Gasteiger partial charge in [0.15, 0.2) is 6.61 Å². The fourth-order valence-corrected chi connectivity index (χ4v) is 1.46. The Morgan fingerprint density at radius 3 is 2.68 bits per heavy atom. The van der Waals surface area contributed by atoms with Gasteiger partial charge in [0, 0.05) is 6.20 Å². The zero-order chi connectivity index (χ0) is 13.8. The Bertz CT molecular complexity index is 608. The van der Waals surface area contributed by atoms with Crippen LogP contribution in [0.4, 0.5) is 8.78 Å². The molecule has 2 aromatic rings. The van der Waals surface area contributed by atoms with Gasteiger partial charge >= 0.3 is 5.97 Å². The summed E-state index contributed by atoms with van der Waals surface area (Å²) in [6.45, 7) is -0.655. The second-order valence-electron chi connectivity index (χ2n) is 3.71. The number of aromatic nitrogens is 1. The number of hydrogen-bond acceptors (Lipinski definition) is 3. The minimum absolute atomic E-state index is 0.174. The lowest BCUT2D eigenvalue weighted by atomic mass is 10.1. The van der Waals surface area contributed by atoms with E-state index in [0.29, 0.717) is 0 Å². The SMILES string of the molecule is O=C(OCC(=O)c1cc(F)ccc1F)c1ccc[nH]1. The molecule has 0 saturated carbocycles. The van der Waals surface area contributed by atoms with E-state index in [1.165, 1.54) is 12.3 Å². The van der Waals surface area contributed by atoms with E-state index in [0.717, 1.165) is 18.2 Å². The normalized spacial score (nSPS) is 10.2. The first kappa shape index (κ1) is 12.9. The average Bonchev–Trinajstić information content (AvgIpc) is 2.92. The minimum Gasteiger partial charge on any atom is -0.453 e. The molecule has 0 amide bonds. The number of carbonyl (C=O) groups is 2. The molecule has 0 radical (unpaired) electrons. The van der Waals surface area contributed by atoms with Gasteiger partial charge < -0.3 is 9.72 Å². The van der Waals surface area contributed by atoms with Crippen LogP contribution in [-0.2, 0) is 4.74 Å². The number of carbonyl (C=O) groups excluding carboxylic acids is 2. The number of rotatable bonds is 4. The zero-order valence-corrected chi connectivity index (χ0v) is 9.65. The van der Waals surface area contributed by atoms with Gasteiger partial charge in [-0.25, -0.2) is 13.6 Å². The highest BCUT2D eigenvalue weighted by molar-refractivity contribution is 5.99. The van der Waals surface area contributed by atoms with E-state index in [9.17, 15) is 18.4 Å². The second-order valence-corrected chi connectivity index (χ2v) is 3.71. The summed E-state index contributed by atoms with van der Waals surface area (Å²) in [5.41, 5.74) is -0.271. The van der Waals surface area contributed by atoms with Gasteiger partial charge in [0.25, 0.3) is 0 Å². The van der Waals surface area contributed by atoms with Crippen molar-refractivity contribution in [3.63, 3.8) is 0 Å². The molecule has 0 unspecified atom stereocenters. The van der Waals surface area contributed by atoms with Crippen LogP contribution in [0.1, 0.15) is 20.8 Å². The Morgan fingerprint density at radius 2 is 2.00 bits per heavy atom. The Balaban J connectivity index is 2.02. The van der Waals surface area contributed by atoms with Gasteiger partial charge in [0.05, 0.1) is 5.56 Å². The number of Topliss-reactive ketones (excluding diaryl/α,β-unsaturated/α-hetero) is 1. The Morgan fingerprint density at radius 1 is 1.21 bits per heavy atom. The molecular weight excluding hydrogens is 256 g/mol. The number of aromatic amines is 1. The zero-order valence-electron chi connectivity index (χ0n) is 9.65. The summed E-state index contributed by atoms with van der Waals surface area (Å²) in [6.07, 6.45) is 1.52. The predicted octanol–water partition coefficient (Wildman–Crippen LogP) is 2.33. The third-order valence-corrected chi connectivity index (χ3v) is 2.38. The van der Waals surface area contributed by atoms with Gasteiger partial charge in [-0.15, -0.1) is 0 Å². The molecule has 0 aliphatic carbocycles. The molecule has 1 aromatic carbocycles. The molecule has 4 nitrogen and oxygen atoms in total. The van der Waals surface area contributed by atoms with Crippen molar-refractivity contribution in [2.24, 2.45) is 0 Å². The van der Waals surface area contributed by atoms with E-state index in [1.54, 1.807) is 6.07 Å². The molecular formula is C13H9F2NO3. The number of H-pyrrole nitrogens is 1. The maximum absolute atomic E-state index is 13.3. The molecule has 1 heterocycles. The van der Waals surface area contributed by atoms with E-state index in [4.69, 9.17) is 0 Å². The lowest BCUT2D eigenvalue weighted by molar-refractivity contribution is 0.0468. The molecule has 98 valence electrons. The molecule has 0 spiro atoms. The maximum Gasteiger partial charge on any atom is 0.355 e. The van der Waals surface area contributed by atoms with Crippen molar-refractivity contribution >= 4 is 11.8 Å². The van der Waals surface area contributed by atoms with Crippen molar-refractivity contribution in [1.82, 2.24) is 4.98 Å². The van der Waals surface area contributed by atoms with Crippen LogP contribution in [0.25, 0.3) is 0 Å². The van der Waals surface area contributed by atoms with Crippen LogP contribution in [0.15, 0.2) is 36.5 Å². The molecule has 6 heteroatoms. The number of ether oxygens (including phenoxy) is 1. The fraction of sp³-hybridized carbons (Fsp3) is 0.0769. The van der Waals surface area contributed by atoms with Crippen LogP contribution in [0, 0.1) is 11.6 Å². The van der Waals surface area contributed by atoms with Crippen LogP contribution in [-0.4, -0.2) is 23.3 Å². The highest BCUT2D eigenvalue weighted by Gasteiger charge is 2.16. The van der Waals surface area contributed by atoms with Gasteiger partial charge in [-0.1, -0.05) is 0 Å². The lowest BCUT2D eigenvalue weighted by Crippen LogP contribution is -2.15. The highest BCUT2D eigenvalue weighted by Crippen LogP contribution is 2.11. The van der Waals surface area contributed by atoms with Crippen molar-refractivity contribution < 1.29 is 23.1 Å². The molecule has 0 saturated heterocycles. The van der Waals surface area contributed by atoms with E-state index in [2.05, 4.69) is 9.72 Å². The first-order valence-electron chi connectivity index (χ1n) is 5.36. The molecule has 0 aliphatic rings. The van der Waals surface area contributed by atoms with Crippen LogP contribution in [0.2, 0.25) is 0 Å². The van der Waals surface area contributed by atoms with Gasteiger partial charge in [-0.2, -0.15) is 0 Å². The number of halogens is 2. The van der Waals surface area contributed by atoms with Crippen LogP contribution >= 0.6 is 0 Å². The van der Waals surface area contributed by atoms with Crippen LogP contribution in [0.5, 0.6) is 0 Å². The predicted molar refractivity (Wildman–Crippen MR) is 61.8 cm³/mol. The summed E-state index contributed by atoms with van der Waals surface area (Å²) in [5.74, 6) is -3.14. The van der Waals surface area contributed by atoms with E-state index in [-0.39, 0.29) is 5.69 Å². The molecule has 0 bridgehead atoms. The Kier molecular flexibility index (Phi) is 3.70. The molecule has 0 fully saturated rings. The van der Waals surface area contributed by atoms with Crippen LogP contribution in [0.3, 0.4) is 0 Å². The topological polar surface area (TPSA) is 59.2 Å². The summed E-state index contributed by atoms with van der Waals surface area (Å²) < 4.78 is 30.9. The van der Waals surface area contributed by atoms with Crippen molar-refractivity contribution in [2.45, 2.75) is 0 Å². The highest BCUT2D eigenvalue weighted by atomic mass is 19.1. The third kappa shape index (κ3) is 3.04. The average molecular weight is 265 g/mol. The van der Waals surface area contributed by atoms with Gasteiger partial charge in [-0.3, -0.25) is 4.79 Å². The van der Waals surface area contributed by atoms with Crippen molar-refractivity contribution in [3.05, 3.63) is 59.4 Å². The molecule has 0 aliphatic heterocycles. The second kappa shape index (κ2) is 5.43. The minimum atomic E-state index is -0.859. The number of benzene rings is 1. The van der Waals surface area contributed by atoms with Crippen molar-refractivity contribution in [3.8, 4) is 0 Å². The quantitative estimate of drug-likeness (QED) is 0.681. The number of hydrogen-bond donors (Lipinski definition) is 1. The molecule has 2 rings (SSSR count). The third-order valence-electron chi connectivity index (χ3n) is 2.38. The first-order chi connectivity index (χ1) is 9.08. The van der Waals surface area contributed by atoms with Gasteiger partial charge in [0.2, 0.25) is 5.78 Å². The number of ketones is 1. The largest absolute Gasteiger partial charge is 0.453 e. The summed E-state index contributed by atoms with van der Waals surface area (Å²) in [4.78, 5) is 25.6. The first-order valence-corrected chi connectivity index (χ1v) is 5.36. The number of esters is 1. The summed E-state index contributed by atoms with van der Waals surface area (Å²) >= 11 is 0. The molecule has 1 N–H and O–H groups in total. The van der Waals surface area contributed by atoms with E-state index < -0.39 is 35.6 Å². The Labute approximate surface area is 107 Å². The molecule has 19 heavy (non-hydrogen) atoms. The van der Waals surface area contributed by atoms with Crippen LogP contribution < -0.4 is 0 Å².